The van der Waals surface area contributed by atoms with Crippen LogP contribution in [0.5, 0.6) is 0 Å². The Labute approximate surface area is 111 Å². The number of nitrogens with one attached hydrogen (secondary N) is 2. The third-order valence-corrected chi connectivity index (χ3v) is 3.25. The molecule has 0 aliphatic carbocycles. The number of fused-ring (bicyclic) bond motifs is 1. The fraction of sp³-hybridized carbons (Fsp3) is 0.0909. The Morgan fingerprint density at radius 2 is 2.17 bits per heavy atom. The van der Waals surface area contributed by atoms with E-state index in [4.69, 9.17) is 0 Å². The lowest BCUT2D eigenvalue weighted by atomic mass is 10.1. The van der Waals surface area contributed by atoms with E-state index in [1.54, 1.807) is 6.20 Å². The number of nitrogens with zero attached hydrogens (tertiary/aromatic N) is 4. The molecular weight excluding hydrogens is 296 g/mol. The van der Waals surface area contributed by atoms with E-state index in [9.17, 15) is 0 Å². The lowest BCUT2D eigenvalue weighted by Gasteiger charge is -2.07. The minimum Gasteiger partial charge on any atom is -0.362 e. The fourth-order valence-corrected chi connectivity index (χ4v) is 2.23. The molecule has 2 aromatic heterocycles. The Bertz CT molecular complexity index is 666. The highest BCUT2D eigenvalue weighted by molar-refractivity contribution is 9.10. The minimum absolute atomic E-state index is 0.481. The highest BCUT2D eigenvalue weighted by atomic mass is 79.9. The number of hydrogen-bond donors (Lipinski definition) is 2. The maximum Gasteiger partial charge on any atom is 0.193 e. The molecule has 0 fully saturated rings. The molecule has 3 aromatic rings. The monoisotopic (exact) mass is 304 g/mol. The topological polar surface area (TPSA) is 79.4 Å². The Balaban J connectivity index is 1.94. The third kappa shape index (κ3) is 2.04. The predicted molar refractivity (Wildman–Crippen MR) is 70.9 cm³/mol. The third-order valence-electron chi connectivity index (χ3n) is 2.56. The van der Waals surface area contributed by atoms with Gasteiger partial charge in [-0.2, -0.15) is 5.21 Å². The Morgan fingerprint density at radius 1 is 1.22 bits per heavy atom. The van der Waals surface area contributed by atoms with Crippen molar-refractivity contribution in [2.24, 2.45) is 0 Å². The Hall–Kier alpha value is -2.02. The molecule has 90 valence electrons. The summed E-state index contributed by atoms with van der Waals surface area (Å²) in [4.78, 5) is 4.33. The molecule has 6 nitrogen and oxygen atoms in total. The van der Waals surface area contributed by atoms with Crippen LogP contribution in [0.3, 0.4) is 0 Å². The molecule has 2 N–H and O–H groups in total. The number of halogens is 1. The van der Waals surface area contributed by atoms with Gasteiger partial charge in [-0.3, -0.25) is 0 Å². The number of anilines is 1. The zero-order valence-corrected chi connectivity index (χ0v) is 10.8. The van der Waals surface area contributed by atoms with E-state index >= 15 is 0 Å². The number of hydrogen-bond acceptors (Lipinski definition) is 5. The molecule has 7 heteroatoms. The van der Waals surface area contributed by atoms with Gasteiger partial charge >= 0.3 is 0 Å². The van der Waals surface area contributed by atoms with Crippen molar-refractivity contribution in [3.8, 4) is 0 Å². The van der Waals surface area contributed by atoms with E-state index in [0.29, 0.717) is 12.4 Å². The van der Waals surface area contributed by atoms with Crippen LogP contribution in [0, 0.1) is 0 Å². The smallest absolute Gasteiger partial charge is 0.193 e. The summed E-state index contributed by atoms with van der Waals surface area (Å²) in [6.45, 7) is 0.481. The highest BCUT2D eigenvalue weighted by Crippen LogP contribution is 2.27. The molecule has 0 aliphatic heterocycles. The number of pyridine rings is 1. The first kappa shape index (κ1) is 11.1. The molecule has 0 saturated heterocycles. The van der Waals surface area contributed by atoms with E-state index in [0.717, 1.165) is 21.1 Å². The van der Waals surface area contributed by atoms with Gasteiger partial charge < -0.3 is 5.32 Å². The van der Waals surface area contributed by atoms with Crippen molar-refractivity contribution in [3.63, 3.8) is 0 Å². The van der Waals surface area contributed by atoms with Crippen molar-refractivity contribution >= 4 is 32.5 Å². The molecular formula is C11H9BrN6. The molecule has 0 bridgehead atoms. The van der Waals surface area contributed by atoms with Crippen LogP contribution in [-0.2, 0) is 6.54 Å². The molecule has 0 unspecified atom stereocenters. The van der Waals surface area contributed by atoms with Gasteiger partial charge in [0.1, 0.15) is 5.82 Å². The summed E-state index contributed by atoms with van der Waals surface area (Å²) < 4.78 is 1.05. The van der Waals surface area contributed by atoms with E-state index in [1.165, 1.54) is 0 Å². The van der Waals surface area contributed by atoms with Gasteiger partial charge in [0.05, 0.1) is 6.54 Å². The first-order valence-corrected chi connectivity index (χ1v) is 6.13. The molecule has 0 saturated carbocycles. The second kappa shape index (κ2) is 4.69. The summed E-state index contributed by atoms with van der Waals surface area (Å²) >= 11 is 3.53. The molecule has 2 heterocycles. The predicted octanol–water partition coefficient (Wildman–Crippen LogP) is 2.12. The van der Waals surface area contributed by atoms with E-state index in [2.05, 4.69) is 46.9 Å². The van der Waals surface area contributed by atoms with Crippen LogP contribution in [0.4, 0.5) is 5.82 Å². The first-order chi connectivity index (χ1) is 8.84. The number of H-pyrrole nitrogens is 1. The number of benzene rings is 1. The van der Waals surface area contributed by atoms with E-state index in [1.807, 2.05) is 24.3 Å². The van der Waals surface area contributed by atoms with Crippen LogP contribution in [0.2, 0.25) is 0 Å². The van der Waals surface area contributed by atoms with E-state index < -0.39 is 0 Å². The van der Waals surface area contributed by atoms with Gasteiger partial charge in [-0.1, -0.05) is 33.3 Å². The number of tetrazole rings is 1. The first-order valence-electron chi connectivity index (χ1n) is 5.34. The summed E-state index contributed by atoms with van der Waals surface area (Å²) in [5.74, 6) is 1.40. The van der Waals surface area contributed by atoms with Crippen molar-refractivity contribution in [1.29, 1.82) is 0 Å². The van der Waals surface area contributed by atoms with Crippen molar-refractivity contribution in [1.82, 2.24) is 25.6 Å². The SMILES string of the molecule is Brc1cccc2c(NCc3nn[nH]n3)nccc12. The van der Waals surface area contributed by atoms with Gasteiger partial charge in [0.15, 0.2) is 5.82 Å². The van der Waals surface area contributed by atoms with Crippen molar-refractivity contribution < 1.29 is 0 Å². The number of aromatic amines is 1. The van der Waals surface area contributed by atoms with Gasteiger partial charge in [-0.25, -0.2) is 4.98 Å². The standard InChI is InChI=1S/C11H9BrN6/c12-9-3-1-2-8-7(9)4-5-13-11(8)14-6-10-15-17-18-16-10/h1-5H,6H2,(H,13,14)(H,15,16,17,18). The van der Waals surface area contributed by atoms with Gasteiger partial charge in [0.2, 0.25) is 0 Å². The largest absolute Gasteiger partial charge is 0.362 e. The summed E-state index contributed by atoms with van der Waals surface area (Å²) in [5, 5.41) is 19.1. The maximum absolute atomic E-state index is 4.33. The minimum atomic E-state index is 0.481. The molecule has 0 radical (unpaired) electrons. The lowest BCUT2D eigenvalue weighted by Crippen LogP contribution is -2.03. The molecule has 18 heavy (non-hydrogen) atoms. The highest BCUT2D eigenvalue weighted by Gasteiger charge is 2.05. The normalized spacial score (nSPS) is 10.7. The second-order valence-corrected chi connectivity index (χ2v) is 4.53. The summed E-state index contributed by atoms with van der Waals surface area (Å²) in [6, 6.07) is 7.98. The quantitative estimate of drug-likeness (QED) is 0.775. The van der Waals surface area contributed by atoms with Gasteiger partial charge in [0.25, 0.3) is 0 Å². The van der Waals surface area contributed by atoms with Gasteiger partial charge in [-0.05, 0) is 12.1 Å². The lowest BCUT2D eigenvalue weighted by molar-refractivity contribution is 0.881. The zero-order valence-electron chi connectivity index (χ0n) is 9.26. The Kier molecular flexibility index (Phi) is 2.89. The van der Waals surface area contributed by atoms with Crippen LogP contribution in [0.15, 0.2) is 34.9 Å². The van der Waals surface area contributed by atoms with Crippen LogP contribution in [0.25, 0.3) is 10.8 Å². The second-order valence-electron chi connectivity index (χ2n) is 3.68. The van der Waals surface area contributed by atoms with Crippen molar-refractivity contribution in [3.05, 3.63) is 40.8 Å². The summed E-state index contributed by atoms with van der Waals surface area (Å²) in [7, 11) is 0. The maximum atomic E-state index is 4.33. The summed E-state index contributed by atoms with van der Waals surface area (Å²) in [5.41, 5.74) is 0. The number of aromatic nitrogens is 5. The van der Waals surface area contributed by atoms with Crippen LogP contribution >= 0.6 is 15.9 Å². The average molecular weight is 305 g/mol. The zero-order chi connectivity index (χ0) is 12.4. The molecule has 0 spiro atoms. The molecule has 0 atom stereocenters. The average Bonchev–Trinajstić information content (AvgIpc) is 2.90. The molecule has 0 aliphatic rings. The molecule has 3 rings (SSSR count). The summed E-state index contributed by atoms with van der Waals surface area (Å²) in [6.07, 6.45) is 1.77. The Morgan fingerprint density at radius 3 is 3.00 bits per heavy atom. The number of rotatable bonds is 3. The molecule has 0 amide bonds. The van der Waals surface area contributed by atoms with Gasteiger partial charge in [-0.15, -0.1) is 10.2 Å². The van der Waals surface area contributed by atoms with Crippen LogP contribution < -0.4 is 5.32 Å². The van der Waals surface area contributed by atoms with Gasteiger partial charge in [0, 0.05) is 21.4 Å². The fourth-order valence-electron chi connectivity index (χ4n) is 1.73. The van der Waals surface area contributed by atoms with Crippen LogP contribution in [0.1, 0.15) is 5.82 Å². The van der Waals surface area contributed by atoms with Crippen molar-refractivity contribution in [2.75, 3.05) is 5.32 Å². The van der Waals surface area contributed by atoms with E-state index in [-0.39, 0.29) is 0 Å². The van der Waals surface area contributed by atoms with Crippen LogP contribution in [-0.4, -0.2) is 25.6 Å². The van der Waals surface area contributed by atoms with Crippen molar-refractivity contribution in [2.45, 2.75) is 6.54 Å². The molecule has 1 aromatic carbocycles.